The number of para-hydroxylation sites is 1. The Hall–Kier alpha value is -3.61. The van der Waals surface area contributed by atoms with E-state index in [4.69, 9.17) is 9.47 Å². The maximum absolute atomic E-state index is 12.6. The van der Waals surface area contributed by atoms with Crippen molar-refractivity contribution in [2.75, 3.05) is 19.0 Å². The number of nitrogens with zero attached hydrogens (tertiary/aromatic N) is 2. The fourth-order valence-electron chi connectivity index (χ4n) is 2.60. The van der Waals surface area contributed by atoms with Gasteiger partial charge in [-0.05, 0) is 42.8 Å². The van der Waals surface area contributed by atoms with Crippen molar-refractivity contribution in [1.82, 2.24) is 9.78 Å². The first-order valence-electron chi connectivity index (χ1n) is 8.79. The van der Waals surface area contributed by atoms with Gasteiger partial charge in [-0.25, -0.2) is 4.68 Å². The number of amides is 1. The van der Waals surface area contributed by atoms with Gasteiger partial charge in [0.2, 0.25) is 0 Å². The van der Waals surface area contributed by atoms with Gasteiger partial charge in [-0.15, -0.1) is 0 Å². The SMILES string of the molecule is COc1ccc(C)cc1NC(=O)c1ccc(=O)n(CCOc2ccccc2)n1. The van der Waals surface area contributed by atoms with Gasteiger partial charge in [0.25, 0.3) is 11.5 Å². The van der Waals surface area contributed by atoms with E-state index in [1.54, 1.807) is 12.1 Å². The minimum Gasteiger partial charge on any atom is -0.495 e. The quantitative estimate of drug-likeness (QED) is 0.683. The Labute approximate surface area is 162 Å². The van der Waals surface area contributed by atoms with Crippen molar-refractivity contribution in [3.8, 4) is 11.5 Å². The van der Waals surface area contributed by atoms with Gasteiger partial charge in [0, 0.05) is 6.07 Å². The number of benzene rings is 2. The molecule has 2 aromatic carbocycles. The predicted molar refractivity (Wildman–Crippen MR) is 106 cm³/mol. The molecular formula is C21H21N3O4. The van der Waals surface area contributed by atoms with Gasteiger partial charge in [0.15, 0.2) is 0 Å². The number of carbonyl (C=O) groups excluding carboxylic acids is 1. The van der Waals surface area contributed by atoms with Crippen LogP contribution in [0.25, 0.3) is 0 Å². The number of aromatic nitrogens is 2. The first kappa shape index (κ1) is 19.2. The summed E-state index contributed by atoms with van der Waals surface area (Å²) in [6.45, 7) is 2.40. The maximum atomic E-state index is 12.6. The highest BCUT2D eigenvalue weighted by Gasteiger charge is 2.13. The Kier molecular flexibility index (Phi) is 6.06. The largest absolute Gasteiger partial charge is 0.495 e. The Morgan fingerprint density at radius 3 is 2.64 bits per heavy atom. The second-order valence-electron chi connectivity index (χ2n) is 6.10. The smallest absolute Gasteiger partial charge is 0.276 e. The normalized spacial score (nSPS) is 10.4. The zero-order valence-corrected chi connectivity index (χ0v) is 15.7. The summed E-state index contributed by atoms with van der Waals surface area (Å²) in [5, 5.41) is 6.92. The summed E-state index contributed by atoms with van der Waals surface area (Å²) < 4.78 is 12.1. The molecule has 0 aliphatic rings. The van der Waals surface area contributed by atoms with Gasteiger partial charge in [-0.2, -0.15) is 5.10 Å². The molecule has 7 nitrogen and oxygen atoms in total. The highest BCUT2D eigenvalue weighted by molar-refractivity contribution is 6.03. The van der Waals surface area contributed by atoms with Gasteiger partial charge in [-0.3, -0.25) is 9.59 Å². The van der Waals surface area contributed by atoms with E-state index in [2.05, 4.69) is 10.4 Å². The van der Waals surface area contributed by atoms with Crippen molar-refractivity contribution < 1.29 is 14.3 Å². The van der Waals surface area contributed by atoms with Crippen LogP contribution in [-0.4, -0.2) is 29.4 Å². The van der Waals surface area contributed by atoms with Crippen LogP contribution >= 0.6 is 0 Å². The minimum absolute atomic E-state index is 0.128. The van der Waals surface area contributed by atoms with Crippen LogP contribution in [0, 0.1) is 6.92 Å². The fraction of sp³-hybridized carbons (Fsp3) is 0.190. The lowest BCUT2D eigenvalue weighted by Gasteiger charge is -2.12. The van der Waals surface area contributed by atoms with Gasteiger partial charge >= 0.3 is 0 Å². The molecule has 0 aliphatic heterocycles. The molecule has 0 bridgehead atoms. The topological polar surface area (TPSA) is 82.5 Å². The average molecular weight is 379 g/mol. The summed E-state index contributed by atoms with van der Waals surface area (Å²) >= 11 is 0. The molecule has 0 radical (unpaired) electrons. The molecule has 0 spiro atoms. The third kappa shape index (κ3) is 4.76. The lowest BCUT2D eigenvalue weighted by molar-refractivity contribution is 0.101. The van der Waals surface area contributed by atoms with Gasteiger partial charge in [0.1, 0.15) is 23.8 Å². The van der Waals surface area contributed by atoms with E-state index in [1.807, 2.05) is 43.3 Å². The van der Waals surface area contributed by atoms with E-state index in [9.17, 15) is 9.59 Å². The van der Waals surface area contributed by atoms with Crippen LogP contribution in [0.2, 0.25) is 0 Å². The van der Waals surface area contributed by atoms with E-state index < -0.39 is 5.91 Å². The van der Waals surface area contributed by atoms with E-state index in [-0.39, 0.29) is 24.4 Å². The Morgan fingerprint density at radius 2 is 1.89 bits per heavy atom. The van der Waals surface area contributed by atoms with E-state index in [1.165, 1.54) is 23.9 Å². The van der Waals surface area contributed by atoms with Crippen LogP contribution in [0.15, 0.2) is 65.5 Å². The first-order chi connectivity index (χ1) is 13.6. The first-order valence-corrected chi connectivity index (χ1v) is 8.79. The molecule has 1 N–H and O–H groups in total. The molecule has 0 fully saturated rings. The van der Waals surface area contributed by atoms with Crippen LogP contribution < -0.4 is 20.3 Å². The molecule has 0 atom stereocenters. The molecule has 0 aliphatic carbocycles. The van der Waals surface area contributed by atoms with Crippen molar-refractivity contribution in [3.63, 3.8) is 0 Å². The van der Waals surface area contributed by atoms with Crippen molar-refractivity contribution in [2.24, 2.45) is 0 Å². The van der Waals surface area contributed by atoms with Gasteiger partial charge in [-0.1, -0.05) is 24.3 Å². The van der Waals surface area contributed by atoms with Crippen molar-refractivity contribution in [2.45, 2.75) is 13.5 Å². The summed E-state index contributed by atoms with van der Waals surface area (Å²) in [7, 11) is 1.53. The molecule has 1 heterocycles. The molecule has 28 heavy (non-hydrogen) atoms. The molecule has 0 saturated heterocycles. The van der Waals surface area contributed by atoms with Gasteiger partial charge < -0.3 is 14.8 Å². The molecule has 0 unspecified atom stereocenters. The lowest BCUT2D eigenvalue weighted by Crippen LogP contribution is -2.28. The monoisotopic (exact) mass is 379 g/mol. The molecule has 3 rings (SSSR count). The lowest BCUT2D eigenvalue weighted by atomic mass is 10.2. The van der Waals surface area contributed by atoms with E-state index in [0.29, 0.717) is 17.2 Å². The predicted octanol–water partition coefficient (Wildman–Crippen LogP) is 2.89. The standard InChI is InChI=1S/C21H21N3O4/c1-15-8-10-19(27-2)18(14-15)22-21(26)17-9-11-20(25)24(23-17)12-13-28-16-6-4-3-5-7-16/h3-11,14H,12-13H2,1-2H3,(H,22,26). The number of aryl methyl sites for hydroxylation is 1. The van der Waals surface area contributed by atoms with Crippen LogP contribution in [0.1, 0.15) is 16.1 Å². The minimum atomic E-state index is -0.429. The third-order valence-electron chi connectivity index (χ3n) is 4.02. The summed E-state index contributed by atoms with van der Waals surface area (Å²) in [5.41, 5.74) is 1.34. The number of hydrogen-bond donors (Lipinski definition) is 1. The highest BCUT2D eigenvalue weighted by atomic mass is 16.5. The second kappa shape index (κ2) is 8.85. The molecule has 3 aromatic rings. The number of nitrogens with one attached hydrogen (secondary N) is 1. The number of carbonyl (C=O) groups is 1. The number of anilines is 1. The third-order valence-corrected chi connectivity index (χ3v) is 4.02. The van der Waals surface area contributed by atoms with Crippen molar-refractivity contribution in [1.29, 1.82) is 0 Å². The van der Waals surface area contributed by atoms with Crippen LogP contribution in [0.5, 0.6) is 11.5 Å². The molecule has 1 amide bonds. The average Bonchev–Trinajstić information content (AvgIpc) is 2.70. The molecule has 144 valence electrons. The van der Waals surface area contributed by atoms with E-state index >= 15 is 0 Å². The number of methoxy groups -OCH3 is 1. The maximum Gasteiger partial charge on any atom is 0.276 e. The number of ether oxygens (including phenoxy) is 2. The summed E-state index contributed by atoms with van der Waals surface area (Å²) in [6.07, 6.45) is 0. The zero-order valence-electron chi connectivity index (χ0n) is 15.7. The molecule has 0 saturated carbocycles. The zero-order chi connectivity index (χ0) is 19.9. The molecular weight excluding hydrogens is 358 g/mol. The van der Waals surface area contributed by atoms with E-state index in [0.717, 1.165) is 5.56 Å². The Morgan fingerprint density at radius 1 is 1.11 bits per heavy atom. The molecule has 7 heteroatoms. The number of hydrogen-bond acceptors (Lipinski definition) is 5. The summed E-state index contributed by atoms with van der Waals surface area (Å²) in [6, 6.07) is 17.5. The molecule has 1 aromatic heterocycles. The second-order valence-corrected chi connectivity index (χ2v) is 6.10. The van der Waals surface area contributed by atoms with Gasteiger partial charge in [0.05, 0.1) is 19.3 Å². The Bertz CT molecular complexity index is 1020. The fourth-order valence-corrected chi connectivity index (χ4v) is 2.60. The van der Waals surface area contributed by atoms with Crippen LogP contribution in [-0.2, 0) is 6.54 Å². The van der Waals surface area contributed by atoms with Crippen molar-refractivity contribution >= 4 is 11.6 Å². The highest BCUT2D eigenvalue weighted by Crippen LogP contribution is 2.25. The summed E-state index contributed by atoms with van der Waals surface area (Å²) in [4.78, 5) is 24.6. The summed E-state index contributed by atoms with van der Waals surface area (Å²) in [5.74, 6) is 0.821. The van der Waals surface area contributed by atoms with Crippen molar-refractivity contribution in [3.05, 3.63) is 82.3 Å². The van der Waals surface area contributed by atoms with Crippen LogP contribution in [0.4, 0.5) is 5.69 Å². The van der Waals surface area contributed by atoms with Crippen LogP contribution in [0.3, 0.4) is 0 Å². The Balaban J connectivity index is 1.71. The number of rotatable bonds is 7.